The topological polar surface area (TPSA) is 50.7 Å². The molecule has 0 aliphatic rings. The second kappa shape index (κ2) is 3.34. The zero-order valence-corrected chi connectivity index (χ0v) is 8.42. The van der Waals surface area contributed by atoms with Gasteiger partial charge in [0.15, 0.2) is 5.82 Å². The van der Waals surface area contributed by atoms with Crippen molar-refractivity contribution in [3.8, 4) is 5.82 Å². The van der Waals surface area contributed by atoms with E-state index in [1.807, 2.05) is 36.4 Å². The second-order valence-corrected chi connectivity index (χ2v) is 3.48. The van der Waals surface area contributed by atoms with Gasteiger partial charge in [0.05, 0.1) is 10.9 Å². The molecule has 1 N–H and O–H groups in total. The zero-order valence-electron chi connectivity index (χ0n) is 8.42. The van der Waals surface area contributed by atoms with Gasteiger partial charge in [-0.2, -0.15) is 0 Å². The fraction of sp³-hybridized carbons (Fsp3) is 0. The lowest BCUT2D eigenvalue weighted by atomic mass is 10.2. The maximum atomic E-state index is 11.7. The van der Waals surface area contributed by atoms with Crippen molar-refractivity contribution in [2.45, 2.75) is 0 Å². The predicted molar refractivity (Wildman–Crippen MR) is 61.7 cm³/mol. The van der Waals surface area contributed by atoms with Crippen molar-refractivity contribution in [1.82, 2.24) is 14.8 Å². The van der Waals surface area contributed by atoms with E-state index in [1.54, 1.807) is 16.9 Å². The van der Waals surface area contributed by atoms with Crippen molar-refractivity contribution in [2.75, 3.05) is 0 Å². The standard InChI is InChI=1S/C12H9N3O/c16-12-9-5-1-2-6-10(9)15(14-12)11-7-3-4-8-13-11/h1-8H,(H,14,16). The maximum absolute atomic E-state index is 11.7. The number of hydrogen-bond donors (Lipinski definition) is 1. The van der Waals surface area contributed by atoms with E-state index in [1.165, 1.54) is 0 Å². The van der Waals surface area contributed by atoms with E-state index in [2.05, 4.69) is 10.1 Å². The molecule has 78 valence electrons. The highest BCUT2D eigenvalue weighted by atomic mass is 16.1. The fourth-order valence-electron chi connectivity index (χ4n) is 1.75. The normalized spacial score (nSPS) is 10.8. The molecule has 0 spiro atoms. The minimum atomic E-state index is -0.0961. The van der Waals surface area contributed by atoms with Gasteiger partial charge in [-0.1, -0.05) is 18.2 Å². The largest absolute Gasteiger partial charge is 0.272 e. The predicted octanol–water partition coefficient (Wildman–Crippen LogP) is 1.71. The van der Waals surface area contributed by atoms with Crippen molar-refractivity contribution in [2.24, 2.45) is 0 Å². The summed E-state index contributed by atoms with van der Waals surface area (Å²) in [6.45, 7) is 0. The number of H-pyrrole nitrogens is 1. The van der Waals surface area contributed by atoms with E-state index in [0.29, 0.717) is 11.2 Å². The van der Waals surface area contributed by atoms with Gasteiger partial charge in [0.1, 0.15) is 0 Å². The van der Waals surface area contributed by atoms with Crippen LogP contribution < -0.4 is 5.56 Å². The Morgan fingerprint density at radius 1 is 1.06 bits per heavy atom. The number of rotatable bonds is 1. The summed E-state index contributed by atoms with van der Waals surface area (Å²) in [5.74, 6) is 0.709. The number of aromatic nitrogens is 3. The van der Waals surface area contributed by atoms with E-state index >= 15 is 0 Å². The van der Waals surface area contributed by atoms with Crippen molar-refractivity contribution in [3.05, 3.63) is 59.0 Å². The number of benzene rings is 1. The van der Waals surface area contributed by atoms with Crippen LogP contribution in [-0.2, 0) is 0 Å². The van der Waals surface area contributed by atoms with E-state index in [9.17, 15) is 4.79 Å². The minimum absolute atomic E-state index is 0.0961. The summed E-state index contributed by atoms with van der Waals surface area (Å²) in [5, 5.41) is 3.44. The molecule has 1 aromatic carbocycles. The summed E-state index contributed by atoms with van der Waals surface area (Å²) in [5.41, 5.74) is 0.743. The highest BCUT2D eigenvalue weighted by Gasteiger charge is 2.06. The molecule has 4 nitrogen and oxygen atoms in total. The Labute approximate surface area is 91.2 Å². The lowest BCUT2D eigenvalue weighted by Crippen LogP contribution is -2.04. The first-order chi connectivity index (χ1) is 7.86. The Bertz CT molecular complexity index is 682. The highest BCUT2D eigenvalue weighted by Crippen LogP contribution is 2.12. The lowest BCUT2D eigenvalue weighted by molar-refractivity contribution is 0.858. The van der Waals surface area contributed by atoms with Crippen LogP contribution in [0.5, 0.6) is 0 Å². The number of pyridine rings is 1. The first kappa shape index (κ1) is 8.91. The van der Waals surface area contributed by atoms with Gasteiger partial charge in [-0.05, 0) is 24.3 Å². The molecule has 0 atom stereocenters. The average molecular weight is 211 g/mol. The second-order valence-electron chi connectivity index (χ2n) is 3.48. The van der Waals surface area contributed by atoms with Crippen LogP contribution in [0, 0.1) is 0 Å². The van der Waals surface area contributed by atoms with E-state index in [0.717, 1.165) is 5.52 Å². The van der Waals surface area contributed by atoms with Gasteiger partial charge >= 0.3 is 0 Å². The summed E-state index contributed by atoms with van der Waals surface area (Å²) in [7, 11) is 0. The molecule has 3 aromatic rings. The van der Waals surface area contributed by atoms with Crippen molar-refractivity contribution in [1.29, 1.82) is 0 Å². The Morgan fingerprint density at radius 3 is 2.69 bits per heavy atom. The molecule has 0 aliphatic carbocycles. The van der Waals surface area contributed by atoms with Crippen LogP contribution in [0.3, 0.4) is 0 Å². The third-order valence-corrected chi connectivity index (χ3v) is 2.48. The molecular weight excluding hydrogens is 202 g/mol. The van der Waals surface area contributed by atoms with Gasteiger partial charge in [-0.15, -0.1) is 0 Å². The molecule has 0 saturated carbocycles. The summed E-state index contributed by atoms with van der Waals surface area (Å²) in [4.78, 5) is 15.9. The molecule has 0 fully saturated rings. The third kappa shape index (κ3) is 1.24. The molecule has 0 amide bonds. The maximum Gasteiger partial charge on any atom is 0.272 e. The average Bonchev–Trinajstić information content (AvgIpc) is 2.69. The molecule has 0 bridgehead atoms. The van der Waals surface area contributed by atoms with Gasteiger partial charge < -0.3 is 0 Å². The number of para-hydroxylation sites is 1. The number of nitrogens with zero attached hydrogens (tertiary/aromatic N) is 2. The molecule has 0 saturated heterocycles. The highest BCUT2D eigenvalue weighted by molar-refractivity contribution is 5.79. The van der Waals surface area contributed by atoms with Crippen LogP contribution in [-0.4, -0.2) is 14.8 Å². The number of fused-ring (bicyclic) bond motifs is 1. The van der Waals surface area contributed by atoms with Crippen molar-refractivity contribution in [3.63, 3.8) is 0 Å². The third-order valence-electron chi connectivity index (χ3n) is 2.48. The van der Waals surface area contributed by atoms with Gasteiger partial charge in [0.2, 0.25) is 0 Å². The molecule has 2 heterocycles. The number of nitrogens with one attached hydrogen (secondary N) is 1. The molecular formula is C12H9N3O. The van der Waals surface area contributed by atoms with Gasteiger partial charge in [-0.3, -0.25) is 9.89 Å². The van der Waals surface area contributed by atoms with Crippen molar-refractivity contribution < 1.29 is 0 Å². The van der Waals surface area contributed by atoms with Gasteiger partial charge in [-0.25, -0.2) is 9.67 Å². The lowest BCUT2D eigenvalue weighted by Gasteiger charge is -2.01. The van der Waals surface area contributed by atoms with Crippen LogP contribution in [0.4, 0.5) is 0 Å². The summed E-state index contributed by atoms with van der Waals surface area (Å²) in [6, 6.07) is 13.0. The Kier molecular flexibility index (Phi) is 1.86. The Morgan fingerprint density at radius 2 is 1.88 bits per heavy atom. The number of hydrogen-bond acceptors (Lipinski definition) is 2. The minimum Gasteiger partial charge on any atom is -0.267 e. The van der Waals surface area contributed by atoms with E-state index < -0.39 is 0 Å². The first-order valence-corrected chi connectivity index (χ1v) is 4.97. The summed E-state index contributed by atoms with van der Waals surface area (Å²) in [6.07, 6.45) is 1.70. The SMILES string of the molecule is O=c1[nH]n(-c2ccccn2)c2ccccc12. The first-order valence-electron chi connectivity index (χ1n) is 4.97. The van der Waals surface area contributed by atoms with Crippen LogP contribution in [0.15, 0.2) is 53.5 Å². The summed E-state index contributed by atoms with van der Waals surface area (Å²) < 4.78 is 1.69. The van der Waals surface area contributed by atoms with Crippen LogP contribution in [0.25, 0.3) is 16.7 Å². The smallest absolute Gasteiger partial charge is 0.267 e. The summed E-state index contributed by atoms with van der Waals surface area (Å²) >= 11 is 0. The van der Waals surface area contributed by atoms with E-state index in [-0.39, 0.29) is 5.56 Å². The van der Waals surface area contributed by atoms with Crippen LogP contribution >= 0.6 is 0 Å². The molecule has 0 aliphatic heterocycles. The molecule has 0 unspecified atom stereocenters. The monoisotopic (exact) mass is 211 g/mol. The zero-order chi connectivity index (χ0) is 11.0. The van der Waals surface area contributed by atoms with Crippen LogP contribution in [0.2, 0.25) is 0 Å². The van der Waals surface area contributed by atoms with Crippen LogP contribution in [0.1, 0.15) is 0 Å². The molecule has 3 rings (SSSR count). The molecule has 0 radical (unpaired) electrons. The number of aromatic amines is 1. The quantitative estimate of drug-likeness (QED) is 0.666. The molecule has 2 aromatic heterocycles. The van der Waals surface area contributed by atoms with Gasteiger partial charge in [0, 0.05) is 6.20 Å². The molecule has 4 heteroatoms. The van der Waals surface area contributed by atoms with Crippen molar-refractivity contribution >= 4 is 10.9 Å². The Hall–Kier alpha value is -2.36. The molecule has 16 heavy (non-hydrogen) atoms. The Balaban J connectivity index is 2.38. The van der Waals surface area contributed by atoms with E-state index in [4.69, 9.17) is 0 Å². The fourth-order valence-corrected chi connectivity index (χ4v) is 1.75. The van der Waals surface area contributed by atoms with Gasteiger partial charge in [0.25, 0.3) is 5.56 Å².